The number of benzene rings is 3. The van der Waals surface area contributed by atoms with Crippen LogP contribution in [0.4, 0.5) is 14.5 Å². The number of carbonyl (C=O) groups is 1. The predicted octanol–water partition coefficient (Wildman–Crippen LogP) is 4.46. The van der Waals surface area contributed by atoms with Gasteiger partial charge in [0.25, 0.3) is 5.91 Å². The topological polar surface area (TPSA) is 59.8 Å². The number of hydrogen-bond donors (Lipinski definition) is 1. The summed E-state index contributed by atoms with van der Waals surface area (Å²) in [6, 6.07) is 18.4. The van der Waals surface area contributed by atoms with Crippen LogP contribution in [-0.4, -0.2) is 20.9 Å². The molecule has 0 atom stereocenters. The van der Waals surface area contributed by atoms with E-state index in [1.807, 2.05) is 0 Å². The van der Waals surface area contributed by atoms with E-state index in [1.54, 1.807) is 47.3 Å². The molecule has 5 nitrogen and oxygen atoms in total. The molecule has 1 amide bonds. The predicted molar refractivity (Wildman–Crippen MR) is 101 cm³/mol. The van der Waals surface area contributed by atoms with Crippen molar-refractivity contribution in [1.29, 1.82) is 0 Å². The number of hydrogen-bond acceptors (Lipinski definition) is 3. The summed E-state index contributed by atoms with van der Waals surface area (Å²) >= 11 is 0. The largest absolute Gasteiger partial charge is 0.322 e. The second-order valence-electron chi connectivity index (χ2n) is 6.05. The van der Waals surface area contributed by atoms with Gasteiger partial charge in [0.2, 0.25) is 0 Å². The molecule has 0 fully saturated rings. The smallest absolute Gasteiger partial charge is 0.255 e. The van der Waals surface area contributed by atoms with E-state index in [9.17, 15) is 13.6 Å². The van der Waals surface area contributed by atoms with Crippen molar-refractivity contribution < 1.29 is 13.6 Å². The van der Waals surface area contributed by atoms with Gasteiger partial charge in [0.05, 0.1) is 17.6 Å². The second-order valence-corrected chi connectivity index (χ2v) is 6.05. The lowest BCUT2D eigenvalue weighted by Gasteiger charge is -2.08. The van der Waals surface area contributed by atoms with Crippen LogP contribution in [0, 0.1) is 11.6 Å². The molecule has 0 unspecified atom stereocenters. The molecule has 3 aromatic carbocycles. The third kappa shape index (κ3) is 3.64. The molecule has 4 aromatic rings. The van der Waals surface area contributed by atoms with Crippen LogP contribution in [0.15, 0.2) is 79.0 Å². The van der Waals surface area contributed by atoms with Crippen LogP contribution < -0.4 is 5.32 Å². The molecular formula is C21H14F2N4O. The molecule has 1 N–H and O–H groups in total. The van der Waals surface area contributed by atoms with Gasteiger partial charge in [-0.25, -0.2) is 13.5 Å². The van der Waals surface area contributed by atoms with Crippen molar-refractivity contribution in [2.24, 2.45) is 0 Å². The average Bonchev–Trinajstić information content (AvgIpc) is 3.20. The van der Waals surface area contributed by atoms with Crippen LogP contribution in [0.2, 0.25) is 0 Å². The molecule has 0 saturated heterocycles. The van der Waals surface area contributed by atoms with E-state index < -0.39 is 0 Å². The van der Waals surface area contributed by atoms with Crippen molar-refractivity contribution in [2.75, 3.05) is 5.32 Å². The summed E-state index contributed by atoms with van der Waals surface area (Å²) in [5.74, 6) is -0.998. The molecule has 0 spiro atoms. The molecule has 0 bridgehead atoms. The monoisotopic (exact) mass is 376 g/mol. The van der Waals surface area contributed by atoms with Gasteiger partial charge < -0.3 is 5.32 Å². The number of rotatable bonds is 4. The minimum atomic E-state index is -0.368. The van der Waals surface area contributed by atoms with Crippen molar-refractivity contribution in [2.45, 2.75) is 0 Å². The fraction of sp³-hybridized carbons (Fsp3) is 0. The van der Waals surface area contributed by atoms with Gasteiger partial charge in [-0.15, -0.1) is 5.10 Å². The van der Waals surface area contributed by atoms with E-state index in [1.165, 1.54) is 36.4 Å². The molecule has 28 heavy (non-hydrogen) atoms. The summed E-state index contributed by atoms with van der Waals surface area (Å²) in [6.45, 7) is 0. The third-order valence-electron chi connectivity index (χ3n) is 4.17. The standard InChI is InChI=1S/C21H14F2N4O/c22-16-5-1-14(2-6-16)20-13-24-26-27(20)19-11-3-15(4-12-19)21(28)25-18-9-7-17(23)8-10-18/h1-13H,(H,25,28). The maximum atomic E-state index is 13.2. The zero-order valence-corrected chi connectivity index (χ0v) is 14.5. The molecule has 0 radical (unpaired) electrons. The van der Waals surface area contributed by atoms with Crippen LogP contribution in [0.5, 0.6) is 0 Å². The number of aromatic nitrogens is 3. The first-order valence-corrected chi connectivity index (χ1v) is 8.44. The number of anilines is 1. The van der Waals surface area contributed by atoms with E-state index in [0.29, 0.717) is 22.6 Å². The van der Waals surface area contributed by atoms with Crippen molar-refractivity contribution in [3.05, 3.63) is 96.2 Å². The Morgan fingerprint density at radius 1 is 0.821 bits per heavy atom. The van der Waals surface area contributed by atoms with E-state index >= 15 is 0 Å². The Morgan fingerprint density at radius 3 is 2.07 bits per heavy atom. The maximum Gasteiger partial charge on any atom is 0.255 e. The summed E-state index contributed by atoms with van der Waals surface area (Å²) in [6.07, 6.45) is 1.59. The lowest BCUT2D eigenvalue weighted by atomic mass is 10.1. The third-order valence-corrected chi connectivity index (χ3v) is 4.17. The lowest BCUT2D eigenvalue weighted by molar-refractivity contribution is 0.102. The molecule has 1 heterocycles. The number of nitrogens with one attached hydrogen (secondary N) is 1. The highest BCUT2D eigenvalue weighted by atomic mass is 19.1. The number of amides is 1. The quantitative estimate of drug-likeness (QED) is 0.572. The van der Waals surface area contributed by atoms with Crippen molar-refractivity contribution in [3.63, 3.8) is 0 Å². The van der Waals surface area contributed by atoms with Gasteiger partial charge in [0.1, 0.15) is 11.6 Å². The highest BCUT2D eigenvalue weighted by Gasteiger charge is 2.11. The second kappa shape index (κ2) is 7.40. The summed E-state index contributed by atoms with van der Waals surface area (Å²) in [5, 5.41) is 10.7. The Bertz CT molecular complexity index is 1100. The molecular weight excluding hydrogens is 362 g/mol. The van der Waals surface area contributed by atoms with Crippen molar-refractivity contribution in [3.8, 4) is 16.9 Å². The molecule has 4 rings (SSSR count). The summed E-state index contributed by atoms with van der Waals surface area (Å²) in [7, 11) is 0. The number of halogens is 2. The van der Waals surface area contributed by atoms with E-state index in [4.69, 9.17) is 0 Å². The van der Waals surface area contributed by atoms with Gasteiger partial charge in [0.15, 0.2) is 0 Å². The highest BCUT2D eigenvalue weighted by Crippen LogP contribution is 2.22. The molecule has 0 saturated carbocycles. The Balaban J connectivity index is 1.55. The zero-order chi connectivity index (χ0) is 19.5. The first-order valence-electron chi connectivity index (χ1n) is 8.44. The van der Waals surface area contributed by atoms with Crippen molar-refractivity contribution in [1.82, 2.24) is 15.0 Å². The van der Waals surface area contributed by atoms with E-state index in [0.717, 1.165) is 5.56 Å². The molecule has 0 aliphatic carbocycles. The Kier molecular flexibility index (Phi) is 4.63. The van der Waals surface area contributed by atoms with Gasteiger partial charge in [-0.2, -0.15) is 0 Å². The summed E-state index contributed by atoms with van der Waals surface area (Å²) in [5.41, 5.74) is 3.12. The molecule has 0 aliphatic rings. The fourth-order valence-corrected chi connectivity index (χ4v) is 2.73. The summed E-state index contributed by atoms with van der Waals surface area (Å²) < 4.78 is 27.7. The van der Waals surface area contributed by atoms with Crippen LogP contribution in [0.1, 0.15) is 10.4 Å². The van der Waals surface area contributed by atoms with E-state index in [2.05, 4.69) is 15.6 Å². The molecule has 138 valence electrons. The normalized spacial score (nSPS) is 10.6. The van der Waals surface area contributed by atoms with Gasteiger partial charge >= 0.3 is 0 Å². The molecule has 7 heteroatoms. The fourth-order valence-electron chi connectivity index (χ4n) is 2.73. The van der Waals surface area contributed by atoms with Gasteiger partial charge in [0, 0.05) is 16.8 Å². The highest BCUT2D eigenvalue weighted by molar-refractivity contribution is 6.04. The van der Waals surface area contributed by atoms with Gasteiger partial charge in [-0.05, 0) is 72.8 Å². The van der Waals surface area contributed by atoms with Crippen LogP contribution in [-0.2, 0) is 0 Å². The average molecular weight is 376 g/mol. The van der Waals surface area contributed by atoms with Crippen molar-refractivity contribution >= 4 is 11.6 Å². The Hall–Kier alpha value is -3.87. The lowest BCUT2D eigenvalue weighted by Crippen LogP contribution is -2.12. The first-order chi connectivity index (χ1) is 13.6. The minimum Gasteiger partial charge on any atom is -0.322 e. The van der Waals surface area contributed by atoms with Crippen LogP contribution in [0.3, 0.4) is 0 Å². The SMILES string of the molecule is O=C(Nc1ccc(F)cc1)c1ccc(-n2nncc2-c2ccc(F)cc2)cc1. The zero-order valence-electron chi connectivity index (χ0n) is 14.5. The molecule has 0 aliphatic heterocycles. The van der Waals surface area contributed by atoms with Gasteiger partial charge in [-0.1, -0.05) is 5.21 Å². The minimum absolute atomic E-state index is 0.310. The van der Waals surface area contributed by atoms with Gasteiger partial charge in [-0.3, -0.25) is 4.79 Å². The Labute approximate surface area is 159 Å². The van der Waals surface area contributed by atoms with Crippen LogP contribution in [0.25, 0.3) is 16.9 Å². The first kappa shape index (κ1) is 17.5. The maximum absolute atomic E-state index is 13.2. The van der Waals surface area contributed by atoms with E-state index in [-0.39, 0.29) is 17.5 Å². The Morgan fingerprint density at radius 2 is 1.43 bits per heavy atom. The number of carbonyl (C=O) groups excluding carboxylic acids is 1. The summed E-state index contributed by atoms with van der Waals surface area (Å²) in [4.78, 5) is 12.3. The van der Waals surface area contributed by atoms with Crippen LogP contribution >= 0.6 is 0 Å². The number of nitrogens with zero attached hydrogens (tertiary/aromatic N) is 3. The molecule has 1 aromatic heterocycles.